The van der Waals surface area contributed by atoms with Crippen LogP contribution in [0.2, 0.25) is 0 Å². The van der Waals surface area contributed by atoms with Crippen molar-refractivity contribution in [2.75, 3.05) is 6.54 Å². The van der Waals surface area contributed by atoms with Crippen molar-refractivity contribution in [2.45, 2.75) is 31.8 Å². The van der Waals surface area contributed by atoms with Crippen molar-refractivity contribution in [1.29, 1.82) is 0 Å². The summed E-state index contributed by atoms with van der Waals surface area (Å²) in [5, 5.41) is 10.8. The van der Waals surface area contributed by atoms with Gasteiger partial charge in [-0.25, -0.2) is 0 Å². The molecule has 0 aromatic heterocycles. The third-order valence-electron chi connectivity index (χ3n) is 3.98. The summed E-state index contributed by atoms with van der Waals surface area (Å²) < 4.78 is 0. The van der Waals surface area contributed by atoms with Gasteiger partial charge in [0.1, 0.15) is 0 Å². The molecular formula is C16H21N3O3. The van der Waals surface area contributed by atoms with Crippen molar-refractivity contribution in [3.8, 4) is 0 Å². The molecule has 0 radical (unpaired) electrons. The van der Waals surface area contributed by atoms with Crippen LogP contribution in [0.5, 0.6) is 0 Å². The molecule has 0 aliphatic heterocycles. The van der Waals surface area contributed by atoms with Gasteiger partial charge in [-0.3, -0.25) is 14.9 Å². The zero-order valence-corrected chi connectivity index (χ0v) is 12.5. The minimum atomic E-state index is -0.431. The second kappa shape index (κ2) is 7.17. The minimum Gasteiger partial charge on any atom is -0.334 e. The molecule has 0 saturated heterocycles. The Morgan fingerprint density at radius 3 is 2.86 bits per heavy atom. The van der Waals surface area contributed by atoms with Crippen molar-refractivity contribution >= 4 is 11.6 Å². The maximum absolute atomic E-state index is 12.6. The van der Waals surface area contributed by atoms with Crippen LogP contribution in [0, 0.1) is 16.0 Å². The van der Waals surface area contributed by atoms with E-state index >= 15 is 0 Å². The quantitative estimate of drug-likeness (QED) is 0.496. The molecule has 6 heteroatoms. The molecular weight excluding hydrogens is 282 g/mol. The van der Waals surface area contributed by atoms with E-state index in [-0.39, 0.29) is 23.6 Å². The average molecular weight is 303 g/mol. The minimum absolute atomic E-state index is 0.0337. The Morgan fingerprint density at radius 1 is 1.50 bits per heavy atom. The first-order valence-corrected chi connectivity index (χ1v) is 7.40. The Kier molecular flexibility index (Phi) is 5.27. The van der Waals surface area contributed by atoms with Gasteiger partial charge >= 0.3 is 0 Å². The van der Waals surface area contributed by atoms with E-state index in [1.807, 2.05) is 0 Å². The van der Waals surface area contributed by atoms with Gasteiger partial charge in [-0.1, -0.05) is 18.2 Å². The van der Waals surface area contributed by atoms with E-state index in [0.717, 1.165) is 18.4 Å². The molecule has 2 unspecified atom stereocenters. The molecule has 1 aromatic carbocycles. The molecule has 1 aromatic rings. The summed E-state index contributed by atoms with van der Waals surface area (Å²) in [7, 11) is 0. The number of nitrogens with two attached hydrogens (primary N) is 1. The molecule has 1 fully saturated rings. The van der Waals surface area contributed by atoms with Crippen LogP contribution in [0.15, 0.2) is 36.9 Å². The smallest absolute Gasteiger partial charge is 0.269 e. The number of amides is 1. The number of benzene rings is 1. The summed E-state index contributed by atoms with van der Waals surface area (Å²) in [5.41, 5.74) is 6.65. The first-order chi connectivity index (χ1) is 10.5. The van der Waals surface area contributed by atoms with Crippen LogP contribution < -0.4 is 5.73 Å². The fourth-order valence-electron chi connectivity index (χ4n) is 2.88. The van der Waals surface area contributed by atoms with Crippen molar-refractivity contribution in [2.24, 2.45) is 11.7 Å². The highest BCUT2D eigenvalue weighted by atomic mass is 16.6. The molecule has 22 heavy (non-hydrogen) atoms. The largest absolute Gasteiger partial charge is 0.334 e. The Morgan fingerprint density at radius 2 is 2.27 bits per heavy atom. The van der Waals surface area contributed by atoms with Crippen molar-refractivity contribution < 1.29 is 9.72 Å². The number of hydrogen-bond acceptors (Lipinski definition) is 4. The van der Waals surface area contributed by atoms with Crippen molar-refractivity contribution in [3.63, 3.8) is 0 Å². The maximum atomic E-state index is 12.6. The molecule has 1 saturated carbocycles. The number of carbonyl (C=O) groups is 1. The van der Waals surface area contributed by atoms with E-state index in [2.05, 4.69) is 6.58 Å². The maximum Gasteiger partial charge on any atom is 0.269 e. The van der Waals surface area contributed by atoms with Crippen LogP contribution in [-0.2, 0) is 11.3 Å². The SMILES string of the molecule is C=CCN(Cc1cccc([N+](=O)[O-])c1)C(=O)C1CCC(N)C1. The second-order valence-electron chi connectivity index (χ2n) is 5.70. The number of nitro benzene ring substituents is 1. The highest BCUT2D eigenvalue weighted by molar-refractivity contribution is 5.79. The van der Waals surface area contributed by atoms with Gasteiger partial charge in [0.25, 0.3) is 5.69 Å². The topological polar surface area (TPSA) is 89.5 Å². The lowest BCUT2D eigenvalue weighted by molar-refractivity contribution is -0.384. The lowest BCUT2D eigenvalue weighted by atomic mass is 10.1. The fraction of sp³-hybridized carbons (Fsp3) is 0.438. The molecule has 0 bridgehead atoms. The number of nitro groups is 1. The molecule has 2 rings (SSSR count). The Labute approximate surface area is 129 Å². The lowest BCUT2D eigenvalue weighted by Crippen LogP contribution is -2.35. The monoisotopic (exact) mass is 303 g/mol. The summed E-state index contributed by atoms with van der Waals surface area (Å²) in [6.07, 6.45) is 4.06. The zero-order valence-electron chi connectivity index (χ0n) is 12.5. The standard InChI is InChI=1S/C16H21N3O3/c1-2-8-18(16(20)13-6-7-14(17)10-13)11-12-4-3-5-15(9-12)19(21)22/h2-5,9,13-14H,1,6-8,10-11,17H2. The first-order valence-electron chi connectivity index (χ1n) is 7.40. The van der Waals surface area contributed by atoms with Crippen molar-refractivity contribution in [1.82, 2.24) is 4.90 Å². The average Bonchev–Trinajstić information content (AvgIpc) is 2.93. The number of non-ortho nitro benzene ring substituents is 1. The number of rotatable bonds is 6. The molecule has 2 N–H and O–H groups in total. The van der Waals surface area contributed by atoms with E-state index < -0.39 is 4.92 Å². The van der Waals surface area contributed by atoms with Crippen LogP contribution in [0.25, 0.3) is 0 Å². The predicted octanol–water partition coefficient (Wildman–Crippen LogP) is 2.24. The second-order valence-corrected chi connectivity index (χ2v) is 5.70. The van der Waals surface area contributed by atoms with Crippen LogP contribution in [0.3, 0.4) is 0 Å². The number of carbonyl (C=O) groups excluding carboxylic acids is 1. The molecule has 6 nitrogen and oxygen atoms in total. The van der Waals surface area contributed by atoms with E-state index in [0.29, 0.717) is 19.5 Å². The predicted molar refractivity (Wildman–Crippen MR) is 84.0 cm³/mol. The molecule has 1 aliphatic carbocycles. The van der Waals surface area contributed by atoms with Gasteiger partial charge in [-0.15, -0.1) is 6.58 Å². The Bertz CT molecular complexity index is 574. The highest BCUT2D eigenvalue weighted by Gasteiger charge is 2.30. The van der Waals surface area contributed by atoms with E-state index in [4.69, 9.17) is 5.73 Å². The first kappa shape index (κ1) is 16.2. The molecule has 0 spiro atoms. The van der Waals surface area contributed by atoms with Gasteiger partial charge in [0, 0.05) is 37.2 Å². The van der Waals surface area contributed by atoms with Gasteiger partial charge < -0.3 is 10.6 Å². The number of hydrogen-bond donors (Lipinski definition) is 1. The highest BCUT2D eigenvalue weighted by Crippen LogP contribution is 2.27. The Balaban J connectivity index is 2.11. The van der Waals surface area contributed by atoms with Crippen LogP contribution in [-0.4, -0.2) is 28.3 Å². The third-order valence-corrected chi connectivity index (χ3v) is 3.98. The molecule has 0 heterocycles. The summed E-state index contributed by atoms with van der Waals surface area (Å²) >= 11 is 0. The van der Waals surface area contributed by atoms with Gasteiger partial charge in [0.2, 0.25) is 5.91 Å². The van der Waals surface area contributed by atoms with E-state index in [1.165, 1.54) is 12.1 Å². The molecule has 1 aliphatic rings. The number of nitrogens with zero attached hydrogens (tertiary/aromatic N) is 2. The fourth-order valence-corrected chi connectivity index (χ4v) is 2.88. The summed E-state index contributed by atoms with van der Waals surface area (Å²) in [6.45, 7) is 4.45. The molecule has 118 valence electrons. The van der Waals surface area contributed by atoms with E-state index in [1.54, 1.807) is 23.1 Å². The lowest BCUT2D eigenvalue weighted by Gasteiger charge is -2.24. The van der Waals surface area contributed by atoms with Gasteiger partial charge in [-0.2, -0.15) is 0 Å². The van der Waals surface area contributed by atoms with Crippen LogP contribution in [0.1, 0.15) is 24.8 Å². The summed E-state index contributed by atoms with van der Waals surface area (Å²) in [6, 6.07) is 6.46. The molecule has 1 amide bonds. The van der Waals surface area contributed by atoms with Gasteiger partial charge in [-0.05, 0) is 24.8 Å². The zero-order chi connectivity index (χ0) is 16.1. The Hall–Kier alpha value is -2.21. The van der Waals surface area contributed by atoms with E-state index in [9.17, 15) is 14.9 Å². The van der Waals surface area contributed by atoms with Crippen molar-refractivity contribution in [3.05, 3.63) is 52.6 Å². The normalized spacial score (nSPS) is 20.6. The van der Waals surface area contributed by atoms with Crippen LogP contribution >= 0.6 is 0 Å². The third kappa shape index (κ3) is 3.92. The van der Waals surface area contributed by atoms with Gasteiger partial charge in [0.15, 0.2) is 0 Å². The van der Waals surface area contributed by atoms with Crippen LogP contribution in [0.4, 0.5) is 5.69 Å². The summed E-state index contributed by atoms with van der Waals surface area (Å²) in [5.74, 6) is 0.00741. The molecule has 2 atom stereocenters. The summed E-state index contributed by atoms with van der Waals surface area (Å²) in [4.78, 5) is 24.7. The van der Waals surface area contributed by atoms with Gasteiger partial charge in [0.05, 0.1) is 4.92 Å².